The van der Waals surface area contributed by atoms with Gasteiger partial charge < -0.3 is 4.74 Å². The molecule has 3 nitrogen and oxygen atoms in total. The normalized spacial score (nSPS) is 31.1. The lowest BCUT2D eigenvalue weighted by molar-refractivity contribution is -0.121. The van der Waals surface area contributed by atoms with Gasteiger partial charge in [-0.3, -0.25) is 9.69 Å². The summed E-state index contributed by atoms with van der Waals surface area (Å²) in [5.74, 6) is 0.810. The van der Waals surface area contributed by atoms with Gasteiger partial charge in [-0.25, -0.2) is 0 Å². The fourth-order valence-corrected chi connectivity index (χ4v) is 2.18. The first-order chi connectivity index (χ1) is 6.36. The zero-order chi connectivity index (χ0) is 9.10. The molecule has 1 saturated carbocycles. The highest BCUT2D eigenvalue weighted by atomic mass is 16.5. The summed E-state index contributed by atoms with van der Waals surface area (Å²) in [6.45, 7) is 4.65. The third-order valence-corrected chi connectivity index (χ3v) is 3.01. The van der Waals surface area contributed by atoms with Gasteiger partial charge in [-0.2, -0.15) is 0 Å². The van der Waals surface area contributed by atoms with E-state index >= 15 is 0 Å². The van der Waals surface area contributed by atoms with Crippen LogP contribution in [0, 0.1) is 5.92 Å². The van der Waals surface area contributed by atoms with Crippen molar-refractivity contribution in [2.45, 2.75) is 19.3 Å². The molecule has 13 heavy (non-hydrogen) atoms. The smallest absolute Gasteiger partial charge is 0.137 e. The highest BCUT2D eigenvalue weighted by Crippen LogP contribution is 2.22. The Morgan fingerprint density at radius 2 is 2.15 bits per heavy atom. The third kappa shape index (κ3) is 2.29. The Balaban J connectivity index is 1.79. The van der Waals surface area contributed by atoms with Gasteiger partial charge in [0.05, 0.1) is 13.2 Å². The second-order valence-electron chi connectivity index (χ2n) is 3.97. The summed E-state index contributed by atoms with van der Waals surface area (Å²) in [6.07, 6.45) is 3.03. The lowest BCUT2D eigenvalue weighted by atomic mass is 10.1. The van der Waals surface area contributed by atoms with E-state index in [2.05, 4.69) is 4.90 Å². The van der Waals surface area contributed by atoms with Crippen LogP contribution in [0.15, 0.2) is 0 Å². The molecule has 3 heteroatoms. The molecule has 2 aliphatic rings. The molecular weight excluding hydrogens is 166 g/mol. The Bertz CT molecular complexity index is 187. The summed E-state index contributed by atoms with van der Waals surface area (Å²) in [6, 6.07) is 0. The van der Waals surface area contributed by atoms with E-state index in [4.69, 9.17) is 4.74 Å². The number of Topliss-reactive ketones (excluding diaryl/α,β-unsaturated/α-hetero) is 1. The highest BCUT2D eigenvalue weighted by molar-refractivity contribution is 5.83. The molecule has 0 spiro atoms. The molecule has 74 valence electrons. The maximum atomic E-state index is 11.4. The van der Waals surface area contributed by atoms with Crippen LogP contribution >= 0.6 is 0 Å². The fraction of sp³-hybridized carbons (Fsp3) is 0.900. The van der Waals surface area contributed by atoms with Gasteiger partial charge in [0.25, 0.3) is 0 Å². The third-order valence-electron chi connectivity index (χ3n) is 3.01. The van der Waals surface area contributed by atoms with E-state index in [-0.39, 0.29) is 0 Å². The Morgan fingerprint density at radius 3 is 2.77 bits per heavy atom. The molecule has 1 aliphatic heterocycles. The lowest BCUT2D eigenvalue weighted by Gasteiger charge is -2.28. The first-order valence-corrected chi connectivity index (χ1v) is 5.19. The lowest BCUT2D eigenvalue weighted by Crippen LogP contribution is -2.40. The van der Waals surface area contributed by atoms with E-state index in [0.29, 0.717) is 11.7 Å². The SMILES string of the molecule is O=C1CCC[C@@H]1CN1CCOCC1. The zero-order valence-corrected chi connectivity index (χ0v) is 8.00. The predicted molar refractivity (Wildman–Crippen MR) is 49.6 cm³/mol. The van der Waals surface area contributed by atoms with E-state index < -0.39 is 0 Å². The van der Waals surface area contributed by atoms with Crippen LogP contribution in [0.3, 0.4) is 0 Å². The summed E-state index contributed by atoms with van der Waals surface area (Å²) in [5, 5.41) is 0. The van der Waals surface area contributed by atoms with Crippen molar-refractivity contribution in [1.29, 1.82) is 0 Å². The number of ketones is 1. The van der Waals surface area contributed by atoms with Gasteiger partial charge in [-0.15, -0.1) is 0 Å². The number of rotatable bonds is 2. The predicted octanol–water partition coefficient (Wildman–Crippen LogP) is 0.688. The average molecular weight is 183 g/mol. The molecular formula is C10H17NO2. The summed E-state index contributed by atoms with van der Waals surface area (Å²) in [5.41, 5.74) is 0. The second-order valence-corrected chi connectivity index (χ2v) is 3.97. The monoisotopic (exact) mass is 183 g/mol. The van der Waals surface area contributed by atoms with Gasteiger partial charge in [0.1, 0.15) is 5.78 Å². The topological polar surface area (TPSA) is 29.5 Å². The number of carbonyl (C=O) groups excluding carboxylic acids is 1. The maximum absolute atomic E-state index is 11.4. The van der Waals surface area contributed by atoms with Crippen molar-refractivity contribution < 1.29 is 9.53 Å². The number of ether oxygens (including phenoxy) is 1. The Hall–Kier alpha value is -0.410. The highest BCUT2D eigenvalue weighted by Gasteiger charge is 2.26. The molecule has 2 rings (SSSR count). The van der Waals surface area contributed by atoms with Crippen LogP contribution in [-0.4, -0.2) is 43.5 Å². The largest absolute Gasteiger partial charge is 0.379 e. The van der Waals surface area contributed by atoms with Crippen LogP contribution < -0.4 is 0 Å². The van der Waals surface area contributed by atoms with Crippen LogP contribution in [0.1, 0.15) is 19.3 Å². The van der Waals surface area contributed by atoms with Gasteiger partial charge >= 0.3 is 0 Å². The summed E-state index contributed by atoms with van der Waals surface area (Å²) in [4.78, 5) is 13.7. The van der Waals surface area contributed by atoms with Gasteiger partial charge in [0.15, 0.2) is 0 Å². The van der Waals surface area contributed by atoms with Crippen LogP contribution in [0.5, 0.6) is 0 Å². The van der Waals surface area contributed by atoms with Crippen molar-refractivity contribution in [3.05, 3.63) is 0 Å². The number of carbonyl (C=O) groups is 1. The summed E-state index contributed by atoms with van der Waals surface area (Å²) < 4.78 is 5.26. The minimum absolute atomic E-state index is 0.332. The molecule has 0 aromatic rings. The van der Waals surface area contributed by atoms with Gasteiger partial charge in [-0.1, -0.05) is 0 Å². The molecule has 0 bridgehead atoms. The minimum atomic E-state index is 0.332. The molecule has 1 heterocycles. The van der Waals surface area contributed by atoms with Crippen molar-refractivity contribution in [3.63, 3.8) is 0 Å². The Morgan fingerprint density at radius 1 is 1.38 bits per heavy atom. The molecule has 0 aromatic heterocycles. The van der Waals surface area contributed by atoms with Crippen LogP contribution in [-0.2, 0) is 9.53 Å². The molecule has 0 aromatic carbocycles. The molecule has 0 unspecified atom stereocenters. The number of morpholine rings is 1. The summed E-state index contributed by atoms with van der Waals surface area (Å²) in [7, 11) is 0. The van der Waals surface area contributed by atoms with Crippen molar-refractivity contribution in [2.24, 2.45) is 5.92 Å². The van der Waals surface area contributed by atoms with E-state index in [1.54, 1.807) is 0 Å². The average Bonchev–Trinajstić information content (AvgIpc) is 2.54. The molecule has 1 atom stereocenters. The van der Waals surface area contributed by atoms with Crippen molar-refractivity contribution in [2.75, 3.05) is 32.8 Å². The maximum Gasteiger partial charge on any atom is 0.137 e. The first-order valence-electron chi connectivity index (χ1n) is 5.19. The molecule has 0 radical (unpaired) electrons. The second kappa shape index (κ2) is 4.20. The minimum Gasteiger partial charge on any atom is -0.379 e. The molecule has 0 N–H and O–H groups in total. The van der Waals surface area contributed by atoms with E-state index in [1.807, 2.05) is 0 Å². The number of hydrogen-bond acceptors (Lipinski definition) is 3. The van der Waals surface area contributed by atoms with Crippen molar-refractivity contribution >= 4 is 5.78 Å². The Labute approximate surface area is 79.0 Å². The molecule has 1 aliphatic carbocycles. The van der Waals surface area contributed by atoms with Crippen molar-refractivity contribution in [3.8, 4) is 0 Å². The fourth-order valence-electron chi connectivity index (χ4n) is 2.18. The molecule has 1 saturated heterocycles. The summed E-state index contributed by atoms with van der Waals surface area (Å²) >= 11 is 0. The van der Waals surface area contributed by atoms with E-state index in [1.165, 1.54) is 0 Å². The Kier molecular flexibility index (Phi) is 2.96. The van der Waals surface area contributed by atoms with Crippen LogP contribution in [0.2, 0.25) is 0 Å². The van der Waals surface area contributed by atoms with E-state index in [9.17, 15) is 4.79 Å². The molecule has 0 amide bonds. The molecule has 2 fully saturated rings. The van der Waals surface area contributed by atoms with Crippen LogP contribution in [0.4, 0.5) is 0 Å². The zero-order valence-electron chi connectivity index (χ0n) is 8.00. The van der Waals surface area contributed by atoms with Gasteiger partial charge in [-0.05, 0) is 12.8 Å². The van der Waals surface area contributed by atoms with Crippen LogP contribution in [0.25, 0.3) is 0 Å². The number of hydrogen-bond donors (Lipinski definition) is 0. The van der Waals surface area contributed by atoms with Gasteiger partial charge in [0.2, 0.25) is 0 Å². The number of nitrogens with zero attached hydrogens (tertiary/aromatic N) is 1. The van der Waals surface area contributed by atoms with Crippen molar-refractivity contribution in [1.82, 2.24) is 4.90 Å². The van der Waals surface area contributed by atoms with E-state index in [0.717, 1.165) is 52.1 Å². The quantitative estimate of drug-likeness (QED) is 0.630. The first kappa shape index (κ1) is 9.16. The van der Waals surface area contributed by atoms with Gasteiger partial charge in [0, 0.05) is 32.0 Å². The standard InChI is InChI=1S/C10H17NO2/c12-10-3-1-2-9(10)8-11-4-6-13-7-5-11/h9H,1-8H2/t9-/m1/s1.